The molecule has 1 fully saturated rings. The van der Waals surface area contributed by atoms with Crippen molar-refractivity contribution in [3.63, 3.8) is 0 Å². The van der Waals surface area contributed by atoms with Gasteiger partial charge in [0.2, 0.25) is 0 Å². The molecule has 0 amide bonds. The number of rotatable bonds is 3. The third kappa shape index (κ3) is 2.05. The van der Waals surface area contributed by atoms with Gasteiger partial charge in [-0.05, 0) is 6.42 Å². The summed E-state index contributed by atoms with van der Waals surface area (Å²) in [6, 6.07) is 0.319. The van der Waals surface area contributed by atoms with Crippen LogP contribution >= 0.6 is 11.6 Å². The van der Waals surface area contributed by atoms with Gasteiger partial charge in [0, 0.05) is 13.7 Å². The Balaban J connectivity index is 2.27. The molecule has 0 saturated carbocycles. The molecule has 0 bridgehead atoms. The van der Waals surface area contributed by atoms with Crippen LogP contribution < -0.4 is 9.64 Å². The van der Waals surface area contributed by atoms with E-state index in [9.17, 15) is 0 Å². The lowest BCUT2D eigenvalue weighted by Gasteiger charge is -2.25. The van der Waals surface area contributed by atoms with Gasteiger partial charge >= 0.3 is 0 Å². The SMILES string of the molecule is COc1c(Cl)ncnc1N(C)C1CCOC1. The molecule has 0 N–H and O–H groups in total. The lowest BCUT2D eigenvalue weighted by atomic mass is 10.2. The molecule has 1 aliphatic rings. The van der Waals surface area contributed by atoms with Crippen LogP contribution in [-0.2, 0) is 4.74 Å². The second-order valence-corrected chi connectivity index (χ2v) is 4.01. The molecule has 5 nitrogen and oxygen atoms in total. The Kier molecular flexibility index (Phi) is 3.46. The van der Waals surface area contributed by atoms with Crippen LogP contribution in [0.3, 0.4) is 0 Å². The van der Waals surface area contributed by atoms with Crippen molar-refractivity contribution in [3.05, 3.63) is 11.5 Å². The fourth-order valence-electron chi connectivity index (χ4n) is 1.77. The first-order chi connectivity index (χ1) is 7.74. The van der Waals surface area contributed by atoms with E-state index < -0.39 is 0 Å². The number of hydrogen-bond acceptors (Lipinski definition) is 5. The molecule has 0 aromatic carbocycles. The fourth-order valence-corrected chi connectivity index (χ4v) is 1.98. The van der Waals surface area contributed by atoms with Gasteiger partial charge in [-0.3, -0.25) is 0 Å². The van der Waals surface area contributed by atoms with Crippen LogP contribution in [-0.4, -0.2) is 43.4 Å². The zero-order valence-electron chi connectivity index (χ0n) is 9.31. The van der Waals surface area contributed by atoms with Gasteiger partial charge in [0.25, 0.3) is 0 Å². The maximum atomic E-state index is 5.95. The zero-order valence-corrected chi connectivity index (χ0v) is 10.1. The lowest BCUT2D eigenvalue weighted by Crippen LogP contribution is -2.32. The van der Waals surface area contributed by atoms with Gasteiger partial charge in [-0.25, -0.2) is 9.97 Å². The van der Waals surface area contributed by atoms with Crippen molar-refractivity contribution < 1.29 is 9.47 Å². The van der Waals surface area contributed by atoms with E-state index >= 15 is 0 Å². The summed E-state index contributed by atoms with van der Waals surface area (Å²) in [5.41, 5.74) is 0. The van der Waals surface area contributed by atoms with Crippen LogP contribution in [0.25, 0.3) is 0 Å². The highest BCUT2D eigenvalue weighted by Crippen LogP contribution is 2.32. The molecule has 0 radical (unpaired) electrons. The van der Waals surface area contributed by atoms with Gasteiger partial charge < -0.3 is 14.4 Å². The maximum absolute atomic E-state index is 5.95. The number of methoxy groups -OCH3 is 1. The average molecular weight is 244 g/mol. The normalized spacial score (nSPS) is 19.8. The molecule has 2 heterocycles. The third-order valence-corrected chi connectivity index (χ3v) is 3.00. The molecule has 1 aliphatic heterocycles. The number of likely N-dealkylation sites (N-methyl/N-ethyl adjacent to an activating group) is 1. The van der Waals surface area contributed by atoms with E-state index in [0.717, 1.165) is 13.0 Å². The minimum atomic E-state index is 0.319. The average Bonchev–Trinajstić information content (AvgIpc) is 2.81. The van der Waals surface area contributed by atoms with Crippen LogP contribution in [0.15, 0.2) is 6.33 Å². The summed E-state index contributed by atoms with van der Waals surface area (Å²) in [6.07, 6.45) is 2.42. The Labute approximate surface area is 99.3 Å². The zero-order chi connectivity index (χ0) is 11.5. The topological polar surface area (TPSA) is 47.5 Å². The summed E-state index contributed by atoms with van der Waals surface area (Å²) in [6.45, 7) is 1.50. The van der Waals surface area contributed by atoms with Gasteiger partial charge in [-0.2, -0.15) is 0 Å². The van der Waals surface area contributed by atoms with Gasteiger partial charge in [0.05, 0.1) is 19.8 Å². The number of hydrogen-bond donors (Lipinski definition) is 0. The molecule has 0 aliphatic carbocycles. The number of nitrogens with zero attached hydrogens (tertiary/aromatic N) is 3. The van der Waals surface area contributed by atoms with E-state index in [0.29, 0.717) is 29.4 Å². The van der Waals surface area contributed by atoms with Crippen LogP contribution in [0.1, 0.15) is 6.42 Å². The highest BCUT2D eigenvalue weighted by Gasteiger charge is 2.24. The molecule has 2 rings (SSSR count). The van der Waals surface area contributed by atoms with E-state index in [1.807, 2.05) is 11.9 Å². The van der Waals surface area contributed by atoms with Gasteiger partial charge in [-0.15, -0.1) is 0 Å². The summed E-state index contributed by atoms with van der Waals surface area (Å²) >= 11 is 5.95. The smallest absolute Gasteiger partial charge is 0.199 e. The van der Waals surface area contributed by atoms with Crippen LogP contribution in [0.4, 0.5) is 5.82 Å². The third-order valence-electron chi connectivity index (χ3n) is 2.73. The minimum absolute atomic E-state index is 0.319. The van der Waals surface area contributed by atoms with Crippen molar-refractivity contribution in [2.75, 3.05) is 32.3 Å². The maximum Gasteiger partial charge on any atom is 0.199 e. The number of anilines is 1. The summed E-state index contributed by atoms with van der Waals surface area (Å²) in [4.78, 5) is 10.1. The van der Waals surface area contributed by atoms with Crippen molar-refractivity contribution in [1.29, 1.82) is 0 Å². The highest BCUT2D eigenvalue weighted by atomic mass is 35.5. The Morgan fingerprint density at radius 2 is 2.38 bits per heavy atom. The summed E-state index contributed by atoms with van der Waals surface area (Å²) < 4.78 is 10.6. The van der Waals surface area contributed by atoms with Crippen molar-refractivity contribution in [2.45, 2.75) is 12.5 Å². The summed E-state index contributed by atoms with van der Waals surface area (Å²) in [7, 11) is 3.52. The van der Waals surface area contributed by atoms with Crippen LogP contribution in [0.5, 0.6) is 5.75 Å². The Morgan fingerprint density at radius 3 is 3.00 bits per heavy atom. The van der Waals surface area contributed by atoms with E-state index in [1.165, 1.54) is 6.33 Å². The van der Waals surface area contributed by atoms with E-state index in [-0.39, 0.29) is 0 Å². The molecule has 16 heavy (non-hydrogen) atoms. The Morgan fingerprint density at radius 1 is 1.56 bits per heavy atom. The molecule has 1 atom stereocenters. The molecular formula is C10H14ClN3O2. The molecule has 1 unspecified atom stereocenters. The quantitative estimate of drug-likeness (QED) is 0.751. The van der Waals surface area contributed by atoms with E-state index in [4.69, 9.17) is 21.1 Å². The van der Waals surface area contributed by atoms with E-state index in [1.54, 1.807) is 7.11 Å². The molecule has 1 aromatic rings. The first-order valence-electron chi connectivity index (χ1n) is 5.09. The van der Waals surface area contributed by atoms with Crippen molar-refractivity contribution in [3.8, 4) is 5.75 Å². The van der Waals surface area contributed by atoms with Crippen molar-refractivity contribution in [1.82, 2.24) is 9.97 Å². The largest absolute Gasteiger partial charge is 0.490 e. The first-order valence-corrected chi connectivity index (χ1v) is 5.47. The van der Waals surface area contributed by atoms with Gasteiger partial charge in [-0.1, -0.05) is 11.6 Å². The van der Waals surface area contributed by atoms with E-state index in [2.05, 4.69) is 9.97 Å². The van der Waals surface area contributed by atoms with Gasteiger partial charge in [0.1, 0.15) is 6.33 Å². The lowest BCUT2D eigenvalue weighted by molar-refractivity contribution is 0.193. The second kappa shape index (κ2) is 4.84. The molecule has 6 heteroatoms. The summed E-state index contributed by atoms with van der Waals surface area (Å²) in [5, 5.41) is 0.332. The first kappa shape index (κ1) is 11.4. The van der Waals surface area contributed by atoms with Crippen molar-refractivity contribution >= 4 is 17.4 Å². The highest BCUT2D eigenvalue weighted by molar-refractivity contribution is 6.31. The molecule has 88 valence electrons. The monoisotopic (exact) mass is 243 g/mol. The summed E-state index contributed by atoms with van der Waals surface area (Å²) in [5.74, 6) is 1.22. The van der Waals surface area contributed by atoms with Crippen molar-refractivity contribution in [2.24, 2.45) is 0 Å². The van der Waals surface area contributed by atoms with Crippen LogP contribution in [0, 0.1) is 0 Å². The molecule has 0 spiro atoms. The number of halogens is 1. The standard InChI is InChI=1S/C10H14ClN3O2/c1-14(7-3-4-16-5-7)10-8(15-2)9(11)12-6-13-10/h6-7H,3-5H2,1-2H3. The predicted octanol–water partition coefficient (Wildman–Crippen LogP) is 1.36. The Hall–Kier alpha value is -1.07. The van der Waals surface area contributed by atoms with Gasteiger partial charge in [0.15, 0.2) is 16.7 Å². The molecule has 1 saturated heterocycles. The molecular weight excluding hydrogens is 230 g/mol. The Bertz CT molecular complexity index is 369. The van der Waals surface area contributed by atoms with Crippen LogP contribution in [0.2, 0.25) is 5.15 Å². The number of ether oxygens (including phenoxy) is 2. The minimum Gasteiger partial charge on any atom is -0.490 e. The second-order valence-electron chi connectivity index (χ2n) is 3.65. The number of aromatic nitrogens is 2. The molecule has 1 aromatic heterocycles. The fraction of sp³-hybridized carbons (Fsp3) is 0.600. The predicted molar refractivity (Wildman–Crippen MR) is 61.2 cm³/mol.